The molecule has 0 bridgehead atoms. The van der Waals surface area contributed by atoms with Gasteiger partial charge in [0.2, 0.25) is 0 Å². The molecule has 4 rings (SSSR count). The predicted octanol–water partition coefficient (Wildman–Crippen LogP) is 5.26. The van der Waals surface area contributed by atoms with E-state index in [9.17, 15) is 14.8 Å². The van der Waals surface area contributed by atoms with Crippen LogP contribution in [0.2, 0.25) is 0 Å². The molecule has 3 aromatic carbocycles. The van der Waals surface area contributed by atoms with Gasteiger partial charge in [0.1, 0.15) is 17.7 Å². The van der Waals surface area contributed by atoms with E-state index in [0.717, 1.165) is 23.4 Å². The molecule has 1 aliphatic heterocycles. The first-order valence-electron chi connectivity index (χ1n) is 10.6. The number of nitriles is 1. The van der Waals surface area contributed by atoms with E-state index in [0.29, 0.717) is 36.6 Å². The highest BCUT2D eigenvalue weighted by Gasteiger charge is 2.21. The van der Waals surface area contributed by atoms with Crippen LogP contribution in [0.25, 0.3) is 0 Å². The summed E-state index contributed by atoms with van der Waals surface area (Å²) in [6.45, 7) is 3.27. The lowest BCUT2D eigenvalue weighted by molar-refractivity contribution is 0.135. The summed E-state index contributed by atoms with van der Waals surface area (Å²) < 4.78 is 25.5. The van der Waals surface area contributed by atoms with Crippen molar-refractivity contribution in [1.29, 1.82) is 5.26 Å². The van der Waals surface area contributed by atoms with Crippen molar-refractivity contribution in [2.45, 2.75) is 32.1 Å². The fraction of sp³-hybridized carbons (Fsp3) is 0.269. The number of halogens is 1. The Hall–Kier alpha value is -3.40. The van der Waals surface area contributed by atoms with Crippen LogP contribution in [0.5, 0.6) is 5.75 Å². The summed E-state index contributed by atoms with van der Waals surface area (Å²) in [4.78, 5) is 2.00. The molecule has 5 nitrogen and oxygen atoms in total. The van der Waals surface area contributed by atoms with Gasteiger partial charge in [0.25, 0.3) is 0 Å². The van der Waals surface area contributed by atoms with Gasteiger partial charge in [-0.2, -0.15) is 5.26 Å². The summed E-state index contributed by atoms with van der Waals surface area (Å²) in [5.74, 6) is 0.289. The first-order valence-corrected chi connectivity index (χ1v) is 10.6. The summed E-state index contributed by atoms with van der Waals surface area (Å²) >= 11 is 0. The molecule has 1 saturated heterocycles. The lowest BCUT2D eigenvalue weighted by Crippen LogP contribution is -2.19. The molecule has 32 heavy (non-hydrogen) atoms. The number of hydrogen-bond donors (Lipinski definition) is 1. The predicted molar refractivity (Wildman–Crippen MR) is 120 cm³/mol. The van der Waals surface area contributed by atoms with Crippen molar-refractivity contribution in [2.75, 3.05) is 18.1 Å². The van der Waals surface area contributed by atoms with E-state index >= 15 is 0 Å². The van der Waals surface area contributed by atoms with E-state index in [-0.39, 0.29) is 11.9 Å². The van der Waals surface area contributed by atoms with Crippen molar-refractivity contribution in [1.82, 2.24) is 0 Å². The van der Waals surface area contributed by atoms with Gasteiger partial charge < -0.3 is 19.5 Å². The zero-order chi connectivity index (χ0) is 22.5. The van der Waals surface area contributed by atoms with E-state index < -0.39 is 6.10 Å². The molecule has 0 aliphatic carbocycles. The second-order valence-corrected chi connectivity index (χ2v) is 7.88. The first kappa shape index (κ1) is 21.8. The minimum atomic E-state index is -0.694. The van der Waals surface area contributed by atoms with Gasteiger partial charge >= 0.3 is 0 Å². The molecular weight excluding hydrogens is 407 g/mol. The van der Waals surface area contributed by atoms with Crippen LogP contribution >= 0.6 is 0 Å². The molecule has 2 unspecified atom stereocenters. The zero-order valence-electron chi connectivity index (χ0n) is 17.9. The summed E-state index contributed by atoms with van der Waals surface area (Å²) in [6, 6.07) is 21.5. The number of ether oxygens (including phenoxy) is 2. The molecule has 1 N–H and O–H groups in total. The Labute approximate surface area is 187 Å². The minimum absolute atomic E-state index is 0.0682. The molecule has 2 atom stereocenters. The molecule has 3 aromatic rings. The van der Waals surface area contributed by atoms with Gasteiger partial charge in [-0.1, -0.05) is 24.3 Å². The molecular formula is C26H25FN2O3. The normalized spacial score (nSPS) is 16.4. The summed E-state index contributed by atoms with van der Waals surface area (Å²) in [5, 5.41) is 19.6. The van der Waals surface area contributed by atoms with Gasteiger partial charge in [0.15, 0.2) is 0 Å². The Morgan fingerprint density at radius 1 is 1.16 bits per heavy atom. The Bertz CT molecular complexity index is 1120. The van der Waals surface area contributed by atoms with Crippen molar-refractivity contribution in [3.05, 3.63) is 89.2 Å². The van der Waals surface area contributed by atoms with Gasteiger partial charge in [-0.3, -0.25) is 0 Å². The third kappa shape index (κ3) is 5.08. The van der Waals surface area contributed by atoms with Crippen LogP contribution in [0, 0.1) is 17.1 Å². The van der Waals surface area contributed by atoms with E-state index in [1.165, 1.54) is 12.1 Å². The molecule has 1 heterocycles. The van der Waals surface area contributed by atoms with Crippen LogP contribution in [0.15, 0.2) is 66.7 Å². The molecule has 0 amide bonds. The number of aliphatic hydroxyl groups excluding tert-OH is 1. The number of rotatable bonds is 7. The van der Waals surface area contributed by atoms with Crippen LogP contribution in [0.1, 0.15) is 36.1 Å². The van der Waals surface area contributed by atoms with Gasteiger partial charge in [0.05, 0.1) is 31.0 Å². The molecule has 1 aliphatic rings. The van der Waals surface area contributed by atoms with Crippen molar-refractivity contribution in [3.63, 3.8) is 0 Å². The van der Waals surface area contributed by atoms with Crippen molar-refractivity contribution in [2.24, 2.45) is 0 Å². The van der Waals surface area contributed by atoms with Gasteiger partial charge in [0, 0.05) is 36.0 Å². The van der Waals surface area contributed by atoms with Gasteiger partial charge in [-0.05, 0) is 48.9 Å². The molecule has 0 saturated carbocycles. The summed E-state index contributed by atoms with van der Waals surface area (Å²) in [7, 11) is 0. The minimum Gasteiger partial charge on any atom is -0.487 e. The largest absolute Gasteiger partial charge is 0.487 e. The second kappa shape index (κ2) is 9.82. The molecule has 164 valence electrons. The maximum Gasteiger partial charge on any atom is 0.127 e. The number of benzene rings is 3. The maximum atomic E-state index is 13.9. The first-order chi connectivity index (χ1) is 15.5. The van der Waals surface area contributed by atoms with Crippen LogP contribution in [0.3, 0.4) is 0 Å². The Balaban J connectivity index is 1.76. The van der Waals surface area contributed by atoms with E-state index in [1.807, 2.05) is 41.3 Å². The fourth-order valence-corrected chi connectivity index (χ4v) is 3.82. The molecule has 0 aromatic heterocycles. The monoisotopic (exact) mass is 432 g/mol. The average molecular weight is 432 g/mol. The van der Waals surface area contributed by atoms with Gasteiger partial charge in [-0.25, -0.2) is 4.39 Å². The van der Waals surface area contributed by atoms with Crippen molar-refractivity contribution < 1.29 is 19.0 Å². The summed E-state index contributed by atoms with van der Waals surface area (Å²) in [6.07, 6.45) is 0.0297. The van der Waals surface area contributed by atoms with E-state index in [1.54, 1.807) is 25.1 Å². The van der Waals surface area contributed by atoms with Crippen LogP contribution in [-0.4, -0.2) is 24.4 Å². The number of hydrogen-bond acceptors (Lipinski definition) is 5. The molecule has 0 spiro atoms. The third-order valence-electron chi connectivity index (χ3n) is 5.46. The average Bonchev–Trinajstić information content (AvgIpc) is 3.30. The molecule has 0 radical (unpaired) electrons. The van der Waals surface area contributed by atoms with Crippen LogP contribution in [-0.2, 0) is 11.3 Å². The smallest absolute Gasteiger partial charge is 0.127 e. The van der Waals surface area contributed by atoms with Gasteiger partial charge in [-0.15, -0.1) is 0 Å². The van der Waals surface area contributed by atoms with Crippen LogP contribution < -0.4 is 9.64 Å². The standard InChI is InChI=1S/C26H25FN2O3/c1-18(30)25-9-8-23(14-26(25)32-24-10-11-31-17-24)29(16-20-5-2-6-21(27)12-20)22-7-3-4-19(13-22)15-28/h2-9,12-14,18,24,30H,10-11,16-17H2,1H3. The Morgan fingerprint density at radius 2 is 1.97 bits per heavy atom. The Kier molecular flexibility index (Phi) is 6.69. The van der Waals surface area contributed by atoms with Crippen molar-refractivity contribution >= 4 is 11.4 Å². The Morgan fingerprint density at radius 3 is 2.69 bits per heavy atom. The molecule has 6 heteroatoms. The van der Waals surface area contributed by atoms with E-state index in [2.05, 4.69) is 6.07 Å². The third-order valence-corrected chi connectivity index (χ3v) is 5.46. The van der Waals surface area contributed by atoms with E-state index in [4.69, 9.17) is 9.47 Å². The quantitative estimate of drug-likeness (QED) is 0.552. The molecule has 1 fully saturated rings. The topological polar surface area (TPSA) is 65.7 Å². The zero-order valence-corrected chi connectivity index (χ0v) is 17.9. The van der Waals surface area contributed by atoms with Crippen molar-refractivity contribution in [3.8, 4) is 11.8 Å². The lowest BCUT2D eigenvalue weighted by atomic mass is 10.1. The maximum absolute atomic E-state index is 13.9. The SMILES string of the molecule is CC(O)c1ccc(N(Cc2cccc(F)c2)c2cccc(C#N)c2)cc1OC1CCOC1. The van der Waals surface area contributed by atoms with Crippen LogP contribution in [0.4, 0.5) is 15.8 Å². The number of aliphatic hydroxyl groups is 1. The number of anilines is 2. The highest BCUT2D eigenvalue weighted by molar-refractivity contribution is 5.67. The highest BCUT2D eigenvalue weighted by Crippen LogP contribution is 2.36. The number of nitrogens with zero attached hydrogens (tertiary/aromatic N) is 2. The summed E-state index contributed by atoms with van der Waals surface area (Å²) in [5.41, 5.74) is 3.62. The lowest BCUT2D eigenvalue weighted by Gasteiger charge is -2.27. The fourth-order valence-electron chi connectivity index (χ4n) is 3.82. The second-order valence-electron chi connectivity index (χ2n) is 7.88. The highest BCUT2D eigenvalue weighted by atomic mass is 19.1.